The summed E-state index contributed by atoms with van der Waals surface area (Å²) in [6.07, 6.45) is 12.2. The van der Waals surface area contributed by atoms with E-state index >= 15 is 0 Å². The van der Waals surface area contributed by atoms with Gasteiger partial charge in [0.25, 0.3) is 0 Å². The van der Waals surface area contributed by atoms with E-state index in [0.717, 1.165) is 38.5 Å². The molecule has 0 saturated heterocycles. The largest absolute Gasteiger partial charge is 0.481 e. The fourth-order valence-corrected chi connectivity index (χ4v) is 10.8. The van der Waals surface area contributed by atoms with E-state index in [4.69, 9.17) is 0 Å². The van der Waals surface area contributed by atoms with Crippen LogP contribution >= 0.6 is 0 Å². The number of hydrogen-bond donors (Lipinski definition) is 1. The second kappa shape index (κ2) is 6.97. The van der Waals surface area contributed by atoms with Crippen molar-refractivity contribution in [3.63, 3.8) is 0 Å². The number of Topliss-reactive ketones (excluding diaryl/α,β-unsaturated/α-hetero) is 1. The fraction of sp³-hybridized carbons (Fsp3) is 0.867. The summed E-state index contributed by atoms with van der Waals surface area (Å²) in [6.45, 7) is 16.8. The van der Waals surface area contributed by atoms with Gasteiger partial charge in [-0.2, -0.15) is 0 Å². The lowest BCUT2D eigenvalue weighted by atomic mass is 9.33. The predicted molar refractivity (Wildman–Crippen MR) is 132 cm³/mol. The van der Waals surface area contributed by atoms with Crippen molar-refractivity contribution in [2.75, 3.05) is 0 Å². The first-order valence-corrected chi connectivity index (χ1v) is 13.7. The molecule has 184 valence electrons. The van der Waals surface area contributed by atoms with Crippen LogP contribution in [0.5, 0.6) is 0 Å². The van der Waals surface area contributed by atoms with Crippen LogP contribution in [0.2, 0.25) is 0 Å². The van der Waals surface area contributed by atoms with Gasteiger partial charge in [0.2, 0.25) is 0 Å². The van der Waals surface area contributed by atoms with Crippen LogP contribution in [0.25, 0.3) is 0 Å². The molecule has 3 heteroatoms. The highest BCUT2D eigenvalue weighted by molar-refractivity contribution is 5.85. The molecule has 33 heavy (non-hydrogen) atoms. The van der Waals surface area contributed by atoms with Crippen LogP contribution < -0.4 is 0 Å². The maximum absolute atomic E-state index is 12.9. The second-order valence-corrected chi connectivity index (χ2v) is 14.4. The van der Waals surface area contributed by atoms with Gasteiger partial charge in [0.1, 0.15) is 5.78 Å². The number of carbonyl (C=O) groups is 2. The zero-order valence-corrected chi connectivity index (χ0v) is 22.1. The summed E-state index contributed by atoms with van der Waals surface area (Å²) in [5.74, 6) is 1.32. The molecule has 1 N–H and O–H groups in total. The lowest BCUT2D eigenvalue weighted by Crippen LogP contribution is -2.64. The molecule has 1 unspecified atom stereocenters. The molecule has 0 bridgehead atoms. The van der Waals surface area contributed by atoms with Gasteiger partial charge < -0.3 is 5.11 Å². The molecule has 0 aromatic heterocycles. The number of allylic oxidation sites excluding steroid dienone is 2. The first-order chi connectivity index (χ1) is 15.2. The van der Waals surface area contributed by atoms with Crippen LogP contribution in [-0.4, -0.2) is 16.9 Å². The Hall–Kier alpha value is -1.12. The third kappa shape index (κ3) is 2.80. The summed E-state index contributed by atoms with van der Waals surface area (Å²) in [5.41, 5.74) is 2.20. The molecule has 4 fully saturated rings. The zero-order valence-electron chi connectivity index (χ0n) is 22.1. The number of carbonyl (C=O) groups excluding carboxylic acids is 1. The van der Waals surface area contributed by atoms with E-state index in [2.05, 4.69) is 54.5 Å². The first kappa shape index (κ1) is 23.6. The summed E-state index contributed by atoms with van der Waals surface area (Å²) in [7, 11) is 0. The summed E-state index contributed by atoms with van der Waals surface area (Å²) < 4.78 is 0. The smallest absolute Gasteiger partial charge is 0.306 e. The Morgan fingerprint density at radius 1 is 0.939 bits per heavy atom. The average molecular weight is 455 g/mol. The maximum Gasteiger partial charge on any atom is 0.306 e. The lowest BCUT2D eigenvalue weighted by molar-refractivity contribution is -0.186. The van der Waals surface area contributed by atoms with Crippen molar-refractivity contribution in [2.45, 2.75) is 106 Å². The Balaban J connectivity index is 1.59. The van der Waals surface area contributed by atoms with Crippen molar-refractivity contribution < 1.29 is 14.7 Å². The Morgan fingerprint density at radius 2 is 1.64 bits per heavy atom. The van der Waals surface area contributed by atoms with Gasteiger partial charge in [-0.15, -0.1) is 0 Å². The Kier molecular flexibility index (Phi) is 4.99. The van der Waals surface area contributed by atoms with Gasteiger partial charge >= 0.3 is 5.97 Å². The van der Waals surface area contributed by atoms with Gasteiger partial charge in [-0.3, -0.25) is 9.59 Å². The van der Waals surface area contributed by atoms with Gasteiger partial charge in [-0.05, 0) is 96.7 Å². The van der Waals surface area contributed by atoms with Gasteiger partial charge in [0, 0.05) is 11.8 Å². The molecule has 5 aliphatic carbocycles. The quantitative estimate of drug-likeness (QED) is 0.423. The molecule has 0 spiro atoms. The van der Waals surface area contributed by atoms with E-state index in [0.29, 0.717) is 23.5 Å². The average Bonchev–Trinajstić information content (AvgIpc) is 2.72. The second-order valence-electron chi connectivity index (χ2n) is 14.4. The molecule has 0 radical (unpaired) electrons. The van der Waals surface area contributed by atoms with Gasteiger partial charge in [0.15, 0.2) is 0 Å². The third-order valence-corrected chi connectivity index (χ3v) is 13.1. The van der Waals surface area contributed by atoms with E-state index in [1.54, 1.807) is 5.57 Å². The first-order valence-electron chi connectivity index (χ1n) is 13.7. The molecule has 5 rings (SSSR count). The molecular weight excluding hydrogens is 408 g/mol. The normalized spacial score (nSPS) is 53.1. The number of ketones is 1. The number of aliphatic carboxylic acids is 1. The monoisotopic (exact) mass is 454 g/mol. The fourth-order valence-electron chi connectivity index (χ4n) is 10.8. The van der Waals surface area contributed by atoms with E-state index in [9.17, 15) is 14.7 Å². The van der Waals surface area contributed by atoms with Crippen molar-refractivity contribution in [1.82, 2.24) is 0 Å². The zero-order chi connectivity index (χ0) is 24.2. The molecule has 0 aromatic carbocycles. The van der Waals surface area contributed by atoms with Crippen LogP contribution in [0.3, 0.4) is 0 Å². The minimum absolute atomic E-state index is 0.133. The highest BCUT2D eigenvalue weighted by Gasteiger charge is 2.68. The molecule has 9 atom stereocenters. The minimum atomic E-state index is -0.598. The van der Waals surface area contributed by atoms with Crippen LogP contribution in [0.4, 0.5) is 0 Å². The van der Waals surface area contributed by atoms with E-state index < -0.39 is 5.97 Å². The van der Waals surface area contributed by atoms with Crippen LogP contribution in [-0.2, 0) is 9.59 Å². The summed E-state index contributed by atoms with van der Waals surface area (Å²) >= 11 is 0. The Bertz CT molecular complexity index is 916. The Morgan fingerprint density at radius 3 is 2.30 bits per heavy atom. The van der Waals surface area contributed by atoms with E-state index in [1.807, 2.05) is 0 Å². The number of hydrogen-bond acceptors (Lipinski definition) is 2. The van der Waals surface area contributed by atoms with Gasteiger partial charge in [0.05, 0.1) is 5.92 Å². The highest BCUT2D eigenvalue weighted by Crippen LogP contribution is 2.75. The maximum atomic E-state index is 12.9. The summed E-state index contributed by atoms with van der Waals surface area (Å²) in [5, 5.41) is 9.97. The van der Waals surface area contributed by atoms with Crippen molar-refractivity contribution >= 4 is 11.8 Å². The molecule has 0 aliphatic heterocycles. The van der Waals surface area contributed by atoms with Crippen molar-refractivity contribution in [1.29, 1.82) is 0 Å². The minimum Gasteiger partial charge on any atom is -0.481 e. The van der Waals surface area contributed by atoms with Crippen molar-refractivity contribution in [2.24, 2.45) is 56.7 Å². The molecule has 0 amide bonds. The number of carboxylic acids is 1. The van der Waals surface area contributed by atoms with Crippen LogP contribution in [0.1, 0.15) is 106 Å². The number of carboxylic acid groups (broad SMARTS) is 1. The molecule has 3 nitrogen and oxygen atoms in total. The molecule has 0 heterocycles. The standard InChI is InChI=1S/C30H46O3/c1-18-19(25(32)33)10-13-27(4)16-17-29(6)20(24(18)27)8-9-22-28(5)14-12-23(31)26(2,3)21(28)11-15-30(22,29)7/h8,18-19,21-22,24H,9-17H2,1-7H3,(H,32,33)/t18-,19+,21?,22+,24+,27+,28-,29+,30+/m0/s1. The molecule has 4 saturated carbocycles. The third-order valence-electron chi connectivity index (χ3n) is 13.1. The number of fused-ring (bicyclic) bond motifs is 7. The summed E-state index contributed by atoms with van der Waals surface area (Å²) in [6, 6.07) is 0. The number of rotatable bonds is 1. The SMILES string of the molecule is C[C@H]1[C@H](C(=O)O)CC[C@]2(C)CC[C@]3(C)C(=CC[C@@H]4[C@@]5(C)CCC(=O)C(C)(C)C5CC[C@]43C)[C@@H]12. The Labute approximate surface area is 201 Å². The van der Waals surface area contributed by atoms with E-state index in [-0.39, 0.29) is 38.9 Å². The molecular formula is C30H46O3. The topological polar surface area (TPSA) is 54.4 Å². The van der Waals surface area contributed by atoms with Gasteiger partial charge in [-0.1, -0.05) is 60.1 Å². The predicted octanol–water partition coefficient (Wildman–Crippen LogP) is 7.30. The van der Waals surface area contributed by atoms with Crippen molar-refractivity contribution in [3.8, 4) is 0 Å². The van der Waals surface area contributed by atoms with Gasteiger partial charge in [-0.25, -0.2) is 0 Å². The summed E-state index contributed by atoms with van der Waals surface area (Å²) in [4.78, 5) is 25.0. The molecule has 5 aliphatic rings. The highest BCUT2D eigenvalue weighted by atomic mass is 16.4. The van der Waals surface area contributed by atoms with Crippen LogP contribution in [0.15, 0.2) is 11.6 Å². The van der Waals surface area contributed by atoms with Crippen molar-refractivity contribution in [3.05, 3.63) is 11.6 Å². The van der Waals surface area contributed by atoms with Crippen LogP contribution in [0, 0.1) is 56.7 Å². The van der Waals surface area contributed by atoms with E-state index in [1.165, 1.54) is 19.3 Å². The molecule has 0 aromatic rings. The lowest BCUT2D eigenvalue weighted by Gasteiger charge is -2.71.